The van der Waals surface area contributed by atoms with Crippen molar-refractivity contribution < 1.29 is 19.4 Å². The Labute approximate surface area is 159 Å². The van der Waals surface area contributed by atoms with Gasteiger partial charge in [0.05, 0.1) is 7.11 Å². The zero-order chi connectivity index (χ0) is 20.0. The summed E-state index contributed by atoms with van der Waals surface area (Å²) in [6.07, 6.45) is 7.79. The van der Waals surface area contributed by atoms with Gasteiger partial charge < -0.3 is 9.84 Å². The molecule has 1 heterocycles. The van der Waals surface area contributed by atoms with E-state index >= 15 is 0 Å². The molecular weight excluding hydrogens is 330 g/mol. The molecule has 0 amide bonds. The highest BCUT2D eigenvalue weighted by Crippen LogP contribution is 2.46. The van der Waals surface area contributed by atoms with E-state index in [1.54, 1.807) is 0 Å². The number of methoxy groups -OCH3 is 1. The van der Waals surface area contributed by atoms with Crippen molar-refractivity contribution in [2.24, 2.45) is 11.8 Å². The van der Waals surface area contributed by atoms with Crippen LogP contribution in [0.15, 0.2) is 0 Å². The average Bonchev–Trinajstić information content (AvgIpc) is 2.54. The number of carbonyl (C=O) groups is 2. The quantitative estimate of drug-likeness (QED) is 0.454. The van der Waals surface area contributed by atoms with Gasteiger partial charge in [-0.15, -0.1) is 0 Å². The third kappa shape index (κ3) is 6.26. The van der Waals surface area contributed by atoms with Crippen LogP contribution in [-0.2, 0) is 14.3 Å². The molecule has 26 heavy (non-hydrogen) atoms. The summed E-state index contributed by atoms with van der Waals surface area (Å²) >= 11 is 0. The van der Waals surface area contributed by atoms with E-state index in [1.807, 2.05) is 0 Å². The highest BCUT2D eigenvalue weighted by atomic mass is 16.5. The minimum atomic E-state index is -0.691. The molecule has 0 bridgehead atoms. The molecule has 2 unspecified atom stereocenters. The molecule has 0 saturated carbocycles. The van der Waals surface area contributed by atoms with Crippen LogP contribution in [-0.4, -0.2) is 47.2 Å². The van der Waals surface area contributed by atoms with E-state index in [4.69, 9.17) is 0 Å². The van der Waals surface area contributed by atoms with E-state index in [2.05, 4.69) is 44.4 Å². The number of carbonyl (C=O) groups excluding carboxylic acids is 1. The third-order valence-electron chi connectivity index (χ3n) is 6.69. The summed E-state index contributed by atoms with van der Waals surface area (Å²) in [5.41, 5.74) is 0.147. The fourth-order valence-corrected chi connectivity index (χ4v) is 4.67. The Balaban J connectivity index is 2.61. The van der Waals surface area contributed by atoms with Crippen LogP contribution in [0, 0.1) is 11.8 Å². The summed E-state index contributed by atoms with van der Waals surface area (Å²) in [6.45, 7) is 9.09. The zero-order valence-corrected chi connectivity index (χ0v) is 17.6. The molecule has 0 radical (unpaired) electrons. The molecule has 152 valence electrons. The number of aliphatic carboxylic acids is 1. The average molecular weight is 370 g/mol. The van der Waals surface area contributed by atoms with Crippen molar-refractivity contribution in [3.63, 3.8) is 0 Å². The Morgan fingerprint density at radius 1 is 1.15 bits per heavy atom. The van der Waals surface area contributed by atoms with Gasteiger partial charge in [-0.25, -0.2) is 0 Å². The maximum Gasteiger partial charge on any atom is 0.305 e. The predicted octanol–water partition coefficient (Wildman–Crippen LogP) is 4.49. The Hall–Kier alpha value is -1.10. The van der Waals surface area contributed by atoms with Crippen LogP contribution < -0.4 is 0 Å². The number of esters is 1. The fraction of sp³-hybridized carbons (Fsp3) is 0.905. The maximum atomic E-state index is 11.5. The second-order valence-electron chi connectivity index (χ2n) is 9.06. The highest BCUT2D eigenvalue weighted by molar-refractivity contribution is 5.69. The second-order valence-corrected chi connectivity index (χ2v) is 9.06. The van der Waals surface area contributed by atoms with Crippen LogP contribution in [0.25, 0.3) is 0 Å². The van der Waals surface area contributed by atoms with Crippen LogP contribution in [0.4, 0.5) is 0 Å². The van der Waals surface area contributed by atoms with Crippen molar-refractivity contribution in [2.75, 3.05) is 14.2 Å². The van der Waals surface area contributed by atoms with E-state index in [1.165, 1.54) is 7.11 Å². The Kier molecular flexibility index (Phi) is 8.58. The van der Waals surface area contributed by atoms with Gasteiger partial charge in [-0.1, -0.05) is 19.3 Å². The van der Waals surface area contributed by atoms with Gasteiger partial charge in [-0.2, -0.15) is 0 Å². The molecular formula is C21H39NO4. The molecule has 0 spiro atoms. The molecule has 5 nitrogen and oxygen atoms in total. The molecule has 1 rings (SSSR count). The Bertz CT molecular complexity index is 473. The van der Waals surface area contributed by atoms with E-state index in [0.29, 0.717) is 12.3 Å². The number of carboxylic acid groups (broad SMARTS) is 1. The van der Waals surface area contributed by atoms with Crippen molar-refractivity contribution in [2.45, 2.75) is 96.6 Å². The summed E-state index contributed by atoms with van der Waals surface area (Å²) in [5.74, 6) is -0.235. The normalized spacial score (nSPS) is 23.4. The summed E-state index contributed by atoms with van der Waals surface area (Å²) < 4.78 is 4.66. The fourth-order valence-electron chi connectivity index (χ4n) is 4.67. The van der Waals surface area contributed by atoms with Crippen molar-refractivity contribution in [1.29, 1.82) is 0 Å². The predicted molar refractivity (Wildman–Crippen MR) is 104 cm³/mol. The summed E-state index contributed by atoms with van der Waals surface area (Å²) in [7, 11) is 3.60. The number of unbranched alkanes of at least 4 members (excludes halogenated alkanes) is 3. The largest absolute Gasteiger partial charge is 0.481 e. The van der Waals surface area contributed by atoms with Gasteiger partial charge >= 0.3 is 11.9 Å². The van der Waals surface area contributed by atoms with Crippen molar-refractivity contribution in [1.82, 2.24) is 4.90 Å². The first-order valence-electron chi connectivity index (χ1n) is 10.0. The van der Waals surface area contributed by atoms with Crippen LogP contribution in [0.1, 0.15) is 85.5 Å². The van der Waals surface area contributed by atoms with E-state index in [9.17, 15) is 14.7 Å². The monoisotopic (exact) mass is 369 g/mol. The molecule has 1 aliphatic heterocycles. The topological polar surface area (TPSA) is 66.8 Å². The van der Waals surface area contributed by atoms with Gasteiger partial charge in [0.15, 0.2) is 0 Å². The van der Waals surface area contributed by atoms with Gasteiger partial charge in [0.1, 0.15) is 0 Å². The SMILES string of the molecule is COC(=O)CCCCCCC(CC(=O)O)C1CCC(C)(C)N(C)C1(C)C. The number of rotatable bonds is 10. The van der Waals surface area contributed by atoms with Crippen LogP contribution in [0.5, 0.6) is 0 Å². The first kappa shape index (κ1) is 22.9. The lowest BCUT2D eigenvalue weighted by atomic mass is 9.65. The van der Waals surface area contributed by atoms with E-state index in [0.717, 1.165) is 44.9 Å². The van der Waals surface area contributed by atoms with Crippen molar-refractivity contribution >= 4 is 11.9 Å². The molecule has 1 N–H and O–H groups in total. The Morgan fingerprint density at radius 3 is 2.35 bits per heavy atom. The molecule has 1 fully saturated rings. The second kappa shape index (κ2) is 9.72. The van der Waals surface area contributed by atoms with Crippen molar-refractivity contribution in [3.05, 3.63) is 0 Å². The van der Waals surface area contributed by atoms with Crippen LogP contribution in [0.2, 0.25) is 0 Å². The molecule has 1 aliphatic rings. The lowest BCUT2D eigenvalue weighted by Gasteiger charge is -2.57. The van der Waals surface area contributed by atoms with Gasteiger partial charge in [0.25, 0.3) is 0 Å². The summed E-state index contributed by atoms with van der Waals surface area (Å²) in [5, 5.41) is 9.42. The first-order chi connectivity index (χ1) is 12.0. The minimum absolute atomic E-state index is 0.00719. The van der Waals surface area contributed by atoms with Gasteiger partial charge in [-0.05, 0) is 72.3 Å². The number of likely N-dealkylation sites (tertiary alicyclic amines) is 1. The van der Waals surface area contributed by atoms with Gasteiger partial charge in [0.2, 0.25) is 0 Å². The number of hydrogen-bond acceptors (Lipinski definition) is 4. The first-order valence-corrected chi connectivity index (χ1v) is 10.0. The van der Waals surface area contributed by atoms with Gasteiger partial charge in [-0.3, -0.25) is 14.5 Å². The standard InChI is InChI=1S/C21H39NO4/c1-20(2)14-13-17(21(3,4)22(20)5)16(15-18(23)24)11-9-7-8-10-12-19(25)26-6/h16-17H,7-15H2,1-6H3,(H,23,24). The highest BCUT2D eigenvalue weighted by Gasteiger charge is 2.47. The number of hydrogen-bond donors (Lipinski definition) is 1. The summed E-state index contributed by atoms with van der Waals surface area (Å²) in [4.78, 5) is 25.0. The molecule has 2 atom stereocenters. The van der Waals surface area contributed by atoms with Gasteiger partial charge in [0, 0.05) is 23.9 Å². The van der Waals surface area contributed by atoms with E-state index in [-0.39, 0.29) is 29.4 Å². The van der Waals surface area contributed by atoms with Crippen LogP contribution >= 0.6 is 0 Å². The lowest BCUT2D eigenvalue weighted by molar-refractivity contribution is -0.141. The molecule has 0 aromatic heterocycles. The number of nitrogens with zero attached hydrogens (tertiary/aromatic N) is 1. The maximum absolute atomic E-state index is 11.5. The minimum Gasteiger partial charge on any atom is -0.481 e. The number of piperidine rings is 1. The van der Waals surface area contributed by atoms with Crippen molar-refractivity contribution in [3.8, 4) is 0 Å². The number of carboxylic acids is 1. The smallest absolute Gasteiger partial charge is 0.305 e. The Morgan fingerprint density at radius 2 is 1.77 bits per heavy atom. The van der Waals surface area contributed by atoms with Crippen LogP contribution in [0.3, 0.4) is 0 Å². The summed E-state index contributed by atoms with van der Waals surface area (Å²) in [6, 6.07) is 0. The molecule has 0 aliphatic carbocycles. The zero-order valence-electron chi connectivity index (χ0n) is 17.6. The van der Waals surface area contributed by atoms with E-state index < -0.39 is 5.97 Å². The molecule has 0 aromatic carbocycles. The third-order valence-corrected chi connectivity index (χ3v) is 6.69. The molecule has 5 heteroatoms. The number of ether oxygens (including phenoxy) is 1. The lowest BCUT2D eigenvalue weighted by Crippen LogP contribution is -2.61. The molecule has 1 saturated heterocycles. The molecule has 0 aromatic rings.